The molecule has 0 radical (unpaired) electrons. The molecule has 1 saturated carbocycles. The Hall–Kier alpha value is -0.490. The maximum Gasteiger partial charge on any atom is 0.233 e. The molecule has 3 N–H and O–H groups in total. The van der Waals surface area contributed by atoms with E-state index in [0.717, 1.165) is 25.7 Å². The number of nitrogens with two attached hydrogens (primary N) is 1. The van der Waals surface area contributed by atoms with Crippen LogP contribution in [0.2, 0.25) is 0 Å². The topological polar surface area (TPSA) is 72.2 Å². The van der Waals surface area contributed by atoms with E-state index >= 15 is 0 Å². The summed E-state index contributed by atoms with van der Waals surface area (Å²) in [4.78, 5) is 12.5. The van der Waals surface area contributed by atoms with Crippen LogP contribution in [0.15, 0.2) is 0 Å². The van der Waals surface area contributed by atoms with Gasteiger partial charge in [0.25, 0.3) is 0 Å². The molecule has 0 aromatic carbocycles. The van der Waals surface area contributed by atoms with Gasteiger partial charge in [-0.2, -0.15) is 0 Å². The van der Waals surface area contributed by atoms with Crippen molar-refractivity contribution in [2.24, 2.45) is 11.1 Å². The molecule has 2 unspecified atom stereocenters. The number of amides is 1. The highest BCUT2D eigenvalue weighted by atomic mass is 32.2. The molecule has 0 aromatic heterocycles. The zero-order valence-electron chi connectivity index (χ0n) is 11.0. The smallest absolute Gasteiger partial charge is 0.233 e. The largest absolute Gasteiger partial charge is 0.392 e. The summed E-state index contributed by atoms with van der Waals surface area (Å²) in [6, 6.07) is 0. The lowest BCUT2D eigenvalue weighted by Crippen LogP contribution is -2.47. The number of hydrogen-bond acceptors (Lipinski definition) is 3. The molecule has 104 valence electrons. The average Bonchev–Trinajstić information content (AvgIpc) is 2.78. The molecule has 0 spiro atoms. The monoisotopic (exact) mass is 290 g/mol. The van der Waals surface area contributed by atoms with Crippen molar-refractivity contribution >= 4 is 33.9 Å². The van der Waals surface area contributed by atoms with Gasteiger partial charge in [-0.25, -0.2) is 0 Å². The zero-order chi connectivity index (χ0) is 13.8. The molecule has 0 aromatic rings. The van der Waals surface area contributed by atoms with Gasteiger partial charge >= 0.3 is 0 Å². The van der Waals surface area contributed by atoms with Gasteiger partial charge in [-0.15, -0.1) is 0 Å². The first-order valence-corrected chi connectivity index (χ1v) is 8.33. The van der Waals surface area contributed by atoms with E-state index in [1.807, 2.05) is 6.92 Å². The van der Waals surface area contributed by atoms with Crippen molar-refractivity contribution in [2.45, 2.75) is 44.3 Å². The first-order valence-electron chi connectivity index (χ1n) is 6.30. The molecule has 1 amide bonds. The molecule has 0 bridgehead atoms. The molecule has 1 aliphatic rings. The Morgan fingerprint density at radius 2 is 2.06 bits per heavy atom. The third-order valence-corrected chi connectivity index (χ3v) is 5.53. The molecule has 18 heavy (non-hydrogen) atoms. The third kappa shape index (κ3) is 3.51. The van der Waals surface area contributed by atoms with E-state index in [4.69, 9.17) is 18.0 Å². The highest BCUT2D eigenvalue weighted by Crippen LogP contribution is 2.38. The minimum atomic E-state index is -0.848. The highest BCUT2D eigenvalue weighted by molar-refractivity contribution is 7.84. The van der Waals surface area contributed by atoms with Crippen molar-refractivity contribution in [1.82, 2.24) is 5.32 Å². The molecule has 0 aliphatic heterocycles. The quantitative estimate of drug-likeness (QED) is 0.719. The third-order valence-electron chi connectivity index (χ3n) is 3.77. The van der Waals surface area contributed by atoms with Crippen molar-refractivity contribution in [1.29, 1.82) is 0 Å². The van der Waals surface area contributed by atoms with Crippen LogP contribution in [0.5, 0.6) is 0 Å². The number of nitrogens with one attached hydrogen (secondary N) is 1. The number of thiocarbonyl (C=S) groups is 1. The summed E-state index contributed by atoms with van der Waals surface area (Å²) >= 11 is 5.06. The van der Waals surface area contributed by atoms with Crippen LogP contribution in [-0.4, -0.2) is 33.2 Å². The Kier molecular flexibility index (Phi) is 5.72. The van der Waals surface area contributed by atoms with E-state index in [1.54, 1.807) is 6.26 Å². The van der Waals surface area contributed by atoms with Crippen molar-refractivity contribution < 1.29 is 9.00 Å². The lowest BCUT2D eigenvalue weighted by Gasteiger charge is -2.26. The Labute approximate surface area is 117 Å². The molecule has 0 heterocycles. The van der Waals surface area contributed by atoms with Crippen LogP contribution in [0.4, 0.5) is 0 Å². The van der Waals surface area contributed by atoms with Gasteiger partial charge < -0.3 is 11.1 Å². The van der Waals surface area contributed by atoms with Gasteiger partial charge in [-0.3, -0.25) is 9.00 Å². The van der Waals surface area contributed by atoms with Gasteiger partial charge in [0.1, 0.15) is 0 Å². The second kappa shape index (κ2) is 6.61. The van der Waals surface area contributed by atoms with Crippen LogP contribution in [0.1, 0.15) is 39.0 Å². The fourth-order valence-corrected chi connectivity index (χ4v) is 3.03. The first kappa shape index (κ1) is 15.6. The number of hydrogen-bond donors (Lipinski definition) is 2. The van der Waals surface area contributed by atoms with Gasteiger partial charge in [0, 0.05) is 28.9 Å². The van der Waals surface area contributed by atoms with Gasteiger partial charge in [-0.1, -0.05) is 32.0 Å². The number of rotatable bonds is 6. The van der Waals surface area contributed by atoms with Gasteiger partial charge in [0.05, 0.1) is 10.4 Å². The summed E-state index contributed by atoms with van der Waals surface area (Å²) in [7, 11) is -0.848. The van der Waals surface area contributed by atoms with E-state index in [2.05, 4.69) is 5.32 Å². The molecule has 1 rings (SSSR count). The summed E-state index contributed by atoms with van der Waals surface area (Å²) in [5.74, 6) is -0.0541. The minimum absolute atomic E-state index is 0.0541. The van der Waals surface area contributed by atoms with Crippen LogP contribution in [0.3, 0.4) is 0 Å². The Morgan fingerprint density at radius 1 is 1.50 bits per heavy atom. The fraction of sp³-hybridized carbons (Fsp3) is 0.833. The van der Waals surface area contributed by atoms with Gasteiger partial charge in [0.15, 0.2) is 0 Å². The number of carbonyl (C=O) groups is 1. The molecule has 1 aliphatic carbocycles. The normalized spacial score (nSPS) is 21.2. The minimum Gasteiger partial charge on any atom is -0.392 e. The molecular formula is C12H22N2O2S2. The van der Waals surface area contributed by atoms with Crippen LogP contribution >= 0.6 is 12.2 Å². The predicted octanol–water partition coefficient (Wildman–Crippen LogP) is 1.11. The van der Waals surface area contributed by atoms with Crippen molar-refractivity contribution in [3.63, 3.8) is 0 Å². The number of carbonyl (C=O) groups excluding carboxylic acids is 1. The van der Waals surface area contributed by atoms with E-state index in [9.17, 15) is 9.00 Å². The van der Waals surface area contributed by atoms with Gasteiger partial charge in [0.2, 0.25) is 5.91 Å². The highest BCUT2D eigenvalue weighted by Gasteiger charge is 2.43. The molecule has 1 fully saturated rings. The van der Waals surface area contributed by atoms with Crippen LogP contribution < -0.4 is 11.1 Å². The zero-order valence-corrected chi connectivity index (χ0v) is 12.7. The fourth-order valence-electron chi connectivity index (χ4n) is 2.29. The summed E-state index contributed by atoms with van der Waals surface area (Å²) in [5.41, 5.74) is 5.10. The standard InChI is InChI=1S/C12H22N2O2S2/c1-9(18(2)16)5-8-14-11(15)12(10(13)17)6-3-4-7-12/h9H,3-8H2,1-2H3,(H2,13,17)(H,14,15). The molecular weight excluding hydrogens is 268 g/mol. The summed E-state index contributed by atoms with van der Waals surface area (Å²) < 4.78 is 11.2. The van der Waals surface area contributed by atoms with Crippen molar-refractivity contribution in [3.05, 3.63) is 0 Å². The maximum atomic E-state index is 12.2. The second-order valence-electron chi connectivity index (χ2n) is 5.01. The van der Waals surface area contributed by atoms with E-state index in [0.29, 0.717) is 18.0 Å². The molecule has 4 nitrogen and oxygen atoms in total. The summed E-state index contributed by atoms with van der Waals surface area (Å²) in [5, 5.41) is 2.98. The van der Waals surface area contributed by atoms with Crippen molar-refractivity contribution in [2.75, 3.05) is 12.8 Å². The summed E-state index contributed by atoms with van der Waals surface area (Å²) in [6.45, 7) is 2.45. The summed E-state index contributed by atoms with van der Waals surface area (Å²) in [6.07, 6.45) is 5.90. The van der Waals surface area contributed by atoms with Crippen LogP contribution in [-0.2, 0) is 15.6 Å². The Morgan fingerprint density at radius 3 is 2.50 bits per heavy atom. The van der Waals surface area contributed by atoms with E-state index < -0.39 is 16.2 Å². The lowest BCUT2D eigenvalue weighted by atomic mass is 9.85. The maximum absolute atomic E-state index is 12.2. The van der Waals surface area contributed by atoms with E-state index in [-0.39, 0.29) is 11.2 Å². The molecule has 6 heteroatoms. The van der Waals surface area contributed by atoms with E-state index in [1.165, 1.54) is 0 Å². The Bertz CT molecular complexity index is 352. The lowest BCUT2D eigenvalue weighted by molar-refractivity contribution is -0.127. The molecule has 0 saturated heterocycles. The predicted molar refractivity (Wildman–Crippen MR) is 78.8 cm³/mol. The average molecular weight is 290 g/mol. The first-order chi connectivity index (χ1) is 8.40. The Balaban J connectivity index is 2.49. The molecule has 2 atom stereocenters. The van der Waals surface area contributed by atoms with Gasteiger partial charge in [-0.05, 0) is 19.3 Å². The van der Waals surface area contributed by atoms with Crippen LogP contribution in [0.25, 0.3) is 0 Å². The SMILES string of the molecule is CC(CCNC(=O)C1(C(N)=S)CCCC1)S(C)=O. The van der Waals surface area contributed by atoms with Crippen LogP contribution in [0, 0.1) is 5.41 Å². The van der Waals surface area contributed by atoms with Crippen molar-refractivity contribution in [3.8, 4) is 0 Å². The second-order valence-corrected chi connectivity index (χ2v) is 7.25.